The molecule has 138 valence electrons. The van der Waals surface area contributed by atoms with Gasteiger partial charge in [0.15, 0.2) is 6.61 Å². The second-order valence-corrected chi connectivity index (χ2v) is 8.41. The van der Waals surface area contributed by atoms with E-state index in [1.807, 2.05) is 0 Å². The van der Waals surface area contributed by atoms with Gasteiger partial charge in [-0.1, -0.05) is 19.9 Å². The highest BCUT2D eigenvalue weighted by Gasteiger charge is 2.28. The monoisotopic (exact) mass is 368 g/mol. The zero-order valence-corrected chi connectivity index (χ0v) is 15.3. The molecular weight excluding hydrogens is 344 g/mol. The Morgan fingerprint density at radius 3 is 2.72 bits per heavy atom. The van der Waals surface area contributed by atoms with Crippen LogP contribution in [0.15, 0.2) is 24.3 Å². The normalized spacial score (nSPS) is 16.0. The van der Waals surface area contributed by atoms with E-state index in [4.69, 9.17) is 4.74 Å². The minimum atomic E-state index is -3.31. The summed E-state index contributed by atoms with van der Waals surface area (Å²) >= 11 is 0. The molecule has 1 aliphatic rings. The molecule has 1 N–H and O–H groups in total. The summed E-state index contributed by atoms with van der Waals surface area (Å²) in [7, 11) is -3.31. The number of hydrogen-bond acceptors (Lipinski definition) is 5. The van der Waals surface area contributed by atoms with Crippen molar-refractivity contribution in [2.24, 2.45) is 5.92 Å². The average Bonchev–Trinajstić information content (AvgIpc) is 2.91. The molecule has 1 aliphatic heterocycles. The van der Waals surface area contributed by atoms with Crippen LogP contribution in [0.3, 0.4) is 0 Å². The van der Waals surface area contributed by atoms with E-state index in [0.717, 1.165) is 6.42 Å². The standard InChI is InChI=1S/C17H24N2O5S/c1-13(2)7-8-18-16(20)12-24-17(21)14-5-3-6-15(11-14)19-9-4-10-25(19,22)23/h3,5-6,11,13H,4,7-10,12H2,1-2H3,(H,18,20). The van der Waals surface area contributed by atoms with Gasteiger partial charge in [-0.15, -0.1) is 0 Å². The molecule has 0 spiro atoms. The number of ether oxygens (including phenoxy) is 1. The first-order valence-corrected chi connectivity index (χ1v) is 9.95. The maximum absolute atomic E-state index is 12.1. The Morgan fingerprint density at radius 1 is 1.32 bits per heavy atom. The highest BCUT2D eigenvalue weighted by molar-refractivity contribution is 7.93. The number of anilines is 1. The molecule has 2 rings (SSSR count). The summed E-state index contributed by atoms with van der Waals surface area (Å²) in [5.41, 5.74) is 0.655. The van der Waals surface area contributed by atoms with Crippen molar-refractivity contribution in [2.75, 3.05) is 29.8 Å². The van der Waals surface area contributed by atoms with Gasteiger partial charge in [0.2, 0.25) is 10.0 Å². The fourth-order valence-electron chi connectivity index (χ4n) is 2.48. The molecule has 0 saturated carbocycles. The molecule has 0 bridgehead atoms. The van der Waals surface area contributed by atoms with Crippen molar-refractivity contribution >= 4 is 27.6 Å². The molecule has 1 amide bonds. The minimum absolute atomic E-state index is 0.109. The van der Waals surface area contributed by atoms with E-state index in [9.17, 15) is 18.0 Å². The summed E-state index contributed by atoms with van der Waals surface area (Å²) in [5.74, 6) is -0.421. The summed E-state index contributed by atoms with van der Waals surface area (Å²) in [6, 6.07) is 6.24. The Hall–Kier alpha value is -2.09. The van der Waals surface area contributed by atoms with E-state index >= 15 is 0 Å². The van der Waals surface area contributed by atoms with E-state index < -0.39 is 16.0 Å². The lowest BCUT2D eigenvalue weighted by atomic mass is 10.1. The van der Waals surface area contributed by atoms with Gasteiger partial charge in [0, 0.05) is 13.1 Å². The number of sulfonamides is 1. The topological polar surface area (TPSA) is 92.8 Å². The number of hydrogen-bond donors (Lipinski definition) is 1. The van der Waals surface area contributed by atoms with Crippen LogP contribution in [0.5, 0.6) is 0 Å². The van der Waals surface area contributed by atoms with Gasteiger partial charge in [0.25, 0.3) is 5.91 Å². The van der Waals surface area contributed by atoms with Crippen LogP contribution >= 0.6 is 0 Å². The summed E-state index contributed by atoms with van der Waals surface area (Å²) in [5, 5.41) is 2.68. The second-order valence-electron chi connectivity index (χ2n) is 6.40. The number of nitrogens with one attached hydrogen (secondary N) is 1. The summed E-state index contributed by atoms with van der Waals surface area (Å²) in [6.45, 7) is 4.69. The van der Waals surface area contributed by atoms with Crippen molar-refractivity contribution in [3.63, 3.8) is 0 Å². The van der Waals surface area contributed by atoms with Crippen molar-refractivity contribution in [1.29, 1.82) is 0 Å². The van der Waals surface area contributed by atoms with Crippen LogP contribution in [0.2, 0.25) is 0 Å². The van der Waals surface area contributed by atoms with Gasteiger partial charge < -0.3 is 10.1 Å². The highest BCUT2D eigenvalue weighted by Crippen LogP contribution is 2.24. The van der Waals surface area contributed by atoms with Crippen LogP contribution in [-0.2, 0) is 19.6 Å². The molecule has 1 fully saturated rings. The lowest BCUT2D eigenvalue weighted by Crippen LogP contribution is -2.30. The Morgan fingerprint density at radius 2 is 2.08 bits per heavy atom. The van der Waals surface area contributed by atoms with Gasteiger partial charge in [0.1, 0.15) is 0 Å². The van der Waals surface area contributed by atoms with Gasteiger partial charge in [0.05, 0.1) is 17.0 Å². The van der Waals surface area contributed by atoms with Crippen LogP contribution in [-0.4, -0.2) is 45.7 Å². The first kappa shape index (κ1) is 19.2. The summed E-state index contributed by atoms with van der Waals surface area (Å²) in [4.78, 5) is 23.7. The second kappa shape index (κ2) is 8.33. The van der Waals surface area contributed by atoms with Crippen molar-refractivity contribution in [3.8, 4) is 0 Å². The van der Waals surface area contributed by atoms with Crippen LogP contribution in [0, 0.1) is 5.92 Å². The lowest BCUT2D eigenvalue weighted by molar-refractivity contribution is -0.124. The SMILES string of the molecule is CC(C)CCNC(=O)COC(=O)c1cccc(N2CCCS2(=O)=O)c1. The molecule has 0 radical (unpaired) electrons. The Labute approximate surface area is 148 Å². The quantitative estimate of drug-likeness (QED) is 0.737. The number of rotatable bonds is 7. The molecular formula is C17H24N2O5S. The largest absolute Gasteiger partial charge is 0.452 e. The van der Waals surface area contributed by atoms with Crippen molar-refractivity contribution in [1.82, 2.24) is 5.32 Å². The van der Waals surface area contributed by atoms with Gasteiger partial charge >= 0.3 is 5.97 Å². The summed E-state index contributed by atoms with van der Waals surface area (Å²) < 4.78 is 30.2. The van der Waals surface area contributed by atoms with E-state index in [-0.39, 0.29) is 23.8 Å². The molecule has 0 aromatic heterocycles. The van der Waals surface area contributed by atoms with Crippen LogP contribution < -0.4 is 9.62 Å². The van der Waals surface area contributed by atoms with E-state index in [1.165, 1.54) is 16.4 Å². The molecule has 1 aromatic carbocycles. The fourth-order valence-corrected chi connectivity index (χ4v) is 4.04. The smallest absolute Gasteiger partial charge is 0.338 e. The van der Waals surface area contributed by atoms with E-state index in [1.54, 1.807) is 12.1 Å². The number of amides is 1. The highest BCUT2D eigenvalue weighted by atomic mass is 32.2. The van der Waals surface area contributed by atoms with Gasteiger partial charge in [-0.3, -0.25) is 9.10 Å². The van der Waals surface area contributed by atoms with Crippen molar-refractivity contribution in [3.05, 3.63) is 29.8 Å². The number of carbonyl (C=O) groups excluding carboxylic acids is 2. The first-order valence-electron chi connectivity index (χ1n) is 8.34. The number of benzene rings is 1. The average molecular weight is 368 g/mol. The van der Waals surface area contributed by atoms with Gasteiger partial charge in [-0.25, -0.2) is 13.2 Å². The molecule has 1 aromatic rings. The van der Waals surface area contributed by atoms with Gasteiger partial charge in [-0.2, -0.15) is 0 Å². The molecule has 25 heavy (non-hydrogen) atoms. The molecule has 7 nitrogen and oxygen atoms in total. The molecule has 0 atom stereocenters. The van der Waals surface area contributed by atoms with E-state index in [2.05, 4.69) is 19.2 Å². The van der Waals surface area contributed by atoms with E-state index in [0.29, 0.717) is 31.1 Å². The predicted octanol–water partition coefficient (Wildman–Crippen LogP) is 1.55. The van der Waals surface area contributed by atoms with Crippen LogP contribution in [0.25, 0.3) is 0 Å². The zero-order chi connectivity index (χ0) is 18.4. The maximum Gasteiger partial charge on any atom is 0.338 e. The zero-order valence-electron chi connectivity index (χ0n) is 14.5. The Kier molecular flexibility index (Phi) is 6.41. The molecule has 1 heterocycles. The number of carbonyl (C=O) groups is 2. The van der Waals surface area contributed by atoms with Crippen LogP contribution in [0.4, 0.5) is 5.69 Å². The third kappa shape index (κ3) is 5.45. The minimum Gasteiger partial charge on any atom is -0.452 e. The molecule has 1 saturated heterocycles. The number of nitrogens with zero attached hydrogens (tertiary/aromatic N) is 1. The summed E-state index contributed by atoms with van der Waals surface area (Å²) in [6.07, 6.45) is 1.42. The third-order valence-electron chi connectivity index (χ3n) is 3.85. The third-order valence-corrected chi connectivity index (χ3v) is 5.72. The predicted molar refractivity (Wildman–Crippen MR) is 94.9 cm³/mol. The molecule has 8 heteroatoms. The Balaban J connectivity index is 1.92. The number of esters is 1. The molecule has 0 unspecified atom stereocenters. The van der Waals surface area contributed by atoms with Gasteiger partial charge in [-0.05, 0) is 37.0 Å². The fraction of sp³-hybridized carbons (Fsp3) is 0.529. The lowest BCUT2D eigenvalue weighted by Gasteiger charge is -2.17. The molecule has 0 aliphatic carbocycles. The Bertz CT molecular complexity index is 730. The first-order chi connectivity index (χ1) is 11.8. The van der Waals surface area contributed by atoms with Crippen molar-refractivity contribution in [2.45, 2.75) is 26.7 Å². The van der Waals surface area contributed by atoms with Crippen molar-refractivity contribution < 1.29 is 22.7 Å². The van der Waals surface area contributed by atoms with Crippen LogP contribution in [0.1, 0.15) is 37.0 Å². The maximum atomic E-state index is 12.1.